The zero-order valence-electron chi connectivity index (χ0n) is 10.2. The lowest BCUT2D eigenvalue weighted by Crippen LogP contribution is -2.46. The van der Waals surface area contributed by atoms with Gasteiger partial charge in [0, 0.05) is 18.6 Å². The molecule has 1 aromatic carbocycles. The molecule has 0 radical (unpaired) electrons. The third kappa shape index (κ3) is 2.85. The molecule has 3 heteroatoms. The van der Waals surface area contributed by atoms with E-state index < -0.39 is 6.17 Å². The molecule has 1 aliphatic rings. The van der Waals surface area contributed by atoms with Gasteiger partial charge in [0.15, 0.2) is 0 Å². The first-order chi connectivity index (χ1) is 8.22. The number of benzene rings is 1. The van der Waals surface area contributed by atoms with Crippen LogP contribution in [0.15, 0.2) is 30.3 Å². The minimum atomic E-state index is -0.758. The van der Waals surface area contributed by atoms with Gasteiger partial charge in [-0.25, -0.2) is 4.39 Å². The molecular weight excluding hydrogens is 217 g/mol. The normalized spacial score (nSPS) is 27.9. The lowest BCUT2D eigenvalue weighted by molar-refractivity contribution is 0.0261. The Bertz CT molecular complexity index is 343. The van der Waals surface area contributed by atoms with Crippen LogP contribution in [0.2, 0.25) is 0 Å². The van der Waals surface area contributed by atoms with Crippen LogP contribution in [0.25, 0.3) is 0 Å². The van der Waals surface area contributed by atoms with E-state index in [2.05, 4.69) is 24.0 Å². The molecule has 1 N–H and O–H groups in total. The number of likely N-dealkylation sites (tertiary alicyclic amines) is 1. The van der Waals surface area contributed by atoms with E-state index in [-0.39, 0.29) is 18.7 Å². The van der Waals surface area contributed by atoms with Crippen LogP contribution in [0.1, 0.15) is 31.4 Å². The highest BCUT2D eigenvalue weighted by atomic mass is 19.1. The summed E-state index contributed by atoms with van der Waals surface area (Å²) in [7, 11) is 0. The van der Waals surface area contributed by atoms with Gasteiger partial charge in [-0.2, -0.15) is 0 Å². The molecule has 3 atom stereocenters. The topological polar surface area (TPSA) is 23.5 Å². The van der Waals surface area contributed by atoms with E-state index in [1.165, 1.54) is 5.56 Å². The van der Waals surface area contributed by atoms with Crippen LogP contribution in [0, 0.1) is 0 Å². The minimum Gasteiger partial charge on any atom is -0.395 e. The quantitative estimate of drug-likeness (QED) is 0.873. The summed E-state index contributed by atoms with van der Waals surface area (Å²) in [6.45, 7) is 2.89. The van der Waals surface area contributed by atoms with Gasteiger partial charge in [-0.1, -0.05) is 30.3 Å². The lowest BCUT2D eigenvalue weighted by Gasteiger charge is -2.40. The van der Waals surface area contributed by atoms with E-state index in [0.29, 0.717) is 12.8 Å². The molecule has 1 aliphatic heterocycles. The predicted molar refractivity (Wildman–Crippen MR) is 66.6 cm³/mol. The third-order valence-corrected chi connectivity index (χ3v) is 3.69. The Morgan fingerprint density at radius 3 is 2.76 bits per heavy atom. The largest absolute Gasteiger partial charge is 0.395 e. The van der Waals surface area contributed by atoms with Gasteiger partial charge in [0.1, 0.15) is 6.17 Å². The number of hydrogen-bond donors (Lipinski definition) is 1. The summed E-state index contributed by atoms with van der Waals surface area (Å²) < 4.78 is 13.3. The Labute approximate surface area is 102 Å². The molecule has 17 heavy (non-hydrogen) atoms. The first kappa shape index (κ1) is 12.5. The Hall–Kier alpha value is -0.930. The summed E-state index contributed by atoms with van der Waals surface area (Å²) in [6, 6.07) is 10.4. The van der Waals surface area contributed by atoms with Crippen molar-refractivity contribution in [3.63, 3.8) is 0 Å². The number of halogens is 1. The van der Waals surface area contributed by atoms with E-state index in [1.807, 2.05) is 18.2 Å². The van der Waals surface area contributed by atoms with E-state index in [1.54, 1.807) is 0 Å². The summed E-state index contributed by atoms with van der Waals surface area (Å²) in [4.78, 5) is 2.21. The fourth-order valence-electron chi connectivity index (χ4n) is 2.63. The van der Waals surface area contributed by atoms with Gasteiger partial charge in [-0.15, -0.1) is 0 Å². The summed E-state index contributed by atoms with van der Waals surface area (Å²) >= 11 is 0. The van der Waals surface area contributed by atoms with Gasteiger partial charge in [-0.3, -0.25) is 4.90 Å². The maximum atomic E-state index is 13.3. The Kier molecular flexibility index (Phi) is 4.13. The van der Waals surface area contributed by atoms with Crippen molar-refractivity contribution in [2.24, 2.45) is 0 Å². The number of aliphatic hydroxyl groups is 1. The van der Waals surface area contributed by atoms with Crippen molar-refractivity contribution in [1.82, 2.24) is 4.90 Å². The number of nitrogens with zero attached hydrogens (tertiary/aromatic N) is 1. The van der Waals surface area contributed by atoms with Crippen LogP contribution in [0.3, 0.4) is 0 Å². The molecule has 0 bridgehead atoms. The number of piperidine rings is 1. The van der Waals surface area contributed by atoms with Gasteiger partial charge in [0.25, 0.3) is 0 Å². The molecule has 3 unspecified atom stereocenters. The third-order valence-electron chi connectivity index (χ3n) is 3.69. The number of aliphatic hydroxyl groups excluding tert-OH is 1. The second-order valence-electron chi connectivity index (χ2n) is 4.78. The summed E-state index contributed by atoms with van der Waals surface area (Å²) in [5, 5.41) is 9.37. The van der Waals surface area contributed by atoms with Gasteiger partial charge in [0.2, 0.25) is 0 Å². The van der Waals surface area contributed by atoms with Crippen molar-refractivity contribution in [3.05, 3.63) is 35.9 Å². The van der Waals surface area contributed by atoms with Crippen molar-refractivity contribution in [2.75, 3.05) is 13.2 Å². The molecule has 0 aromatic heterocycles. The molecule has 0 amide bonds. The lowest BCUT2D eigenvalue weighted by atomic mass is 9.96. The zero-order valence-corrected chi connectivity index (χ0v) is 10.2. The van der Waals surface area contributed by atoms with Crippen molar-refractivity contribution >= 4 is 0 Å². The molecule has 1 fully saturated rings. The Morgan fingerprint density at radius 1 is 1.41 bits per heavy atom. The molecular formula is C14H20FNO. The number of alkyl halides is 1. The fraction of sp³-hybridized carbons (Fsp3) is 0.571. The van der Waals surface area contributed by atoms with Crippen molar-refractivity contribution in [2.45, 2.75) is 38.0 Å². The van der Waals surface area contributed by atoms with Crippen molar-refractivity contribution in [1.29, 1.82) is 0 Å². The highest BCUT2D eigenvalue weighted by Crippen LogP contribution is 2.29. The van der Waals surface area contributed by atoms with Crippen molar-refractivity contribution in [3.8, 4) is 0 Å². The summed E-state index contributed by atoms with van der Waals surface area (Å²) in [6.07, 6.45) is 0.271. The molecule has 2 nitrogen and oxygen atoms in total. The molecule has 0 spiro atoms. The van der Waals surface area contributed by atoms with E-state index in [4.69, 9.17) is 0 Å². The minimum absolute atomic E-state index is 0.0393. The van der Waals surface area contributed by atoms with E-state index in [9.17, 15) is 9.50 Å². The predicted octanol–water partition coefficient (Wildman–Crippen LogP) is 2.54. The van der Waals surface area contributed by atoms with E-state index >= 15 is 0 Å². The smallest absolute Gasteiger partial charge is 0.103 e. The summed E-state index contributed by atoms with van der Waals surface area (Å²) in [5.41, 5.74) is 1.23. The highest BCUT2D eigenvalue weighted by molar-refractivity contribution is 5.18. The first-order valence-corrected chi connectivity index (χ1v) is 6.28. The monoisotopic (exact) mass is 237 g/mol. The van der Waals surface area contributed by atoms with Gasteiger partial charge >= 0.3 is 0 Å². The van der Waals surface area contributed by atoms with Crippen LogP contribution in [0.5, 0.6) is 0 Å². The second kappa shape index (κ2) is 5.61. The molecule has 1 saturated heterocycles. The fourth-order valence-corrected chi connectivity index (χ4v) is 2.63. The highest BCUT2D eigenvalue weighted by Gasteiger charge is 2.31. The molecule has 2 rings (SSSR count). The number of rotatable bonds is 3. The van der Waals surface area contributed by atoms with Gasteiger partial charge in [0.05, 0.1) is 6.61 Å². The van der Waals surface area contributed by atoms with Crippen molar-refractivity contribution < 1.29 is 9.50 Å². The van der Waals surface area contributed by atoms with Gasteiger partial charge < -0.3 is 5.11 Å². The molecule has 1 aromatic rings. The SMILES string of the molecule is CC(c1ccccc1)N1CCC(F)CC1CO. The van der Waals surface area contributed by atoms with Crippen LogP contribution in [-0.2, 0) is 0 Å². The first-order valence-electron chi connectivity index (χ1n) is 6.28. The summed E-state index contributed by atoms with van der Waals surface area (Å²) in [5.74, 6) is 0. The van der Waals surface area contributed by atoms with Gasteiger partial charge in [-0.05, 0) is 25.3 Å². The number of hydrogen-bond acceptors (Lipinski definition) is 2. The van der Waals surface area contributed by atoms with Crippen LogP contribution in [0.4, 0.5) is 4.39 Å². The molecule has 1 heterocycles. The second-order valence-corrected chi connectivity index (χ2v) is 4.78. The molecule has 0 aliphatic carbocycles. The Morgan fingerprint density at radius 2 is 2.12 bits per heavy atom. The maximum Gasteiger partial charge on any atom is 0.103 e. The standard InChI is InChI=1S/C14H20FNO/c1-11(12-5-3-2-4-6-12)16-8-7-13(15)9-14(16)10-17/h2-6,11,13-14,17H,7-10H2,1H3. The molecule has 94 valence electrons. The molecule has 0 saturated carbocycles. The maximum absolute atomic E-state index is 13.3. The zero-order chi connectivity index (χ0) is 12.3. The van der Waals surface area contributed by atoms with Crippen LogP contribution in [-0.4, -0.2) is 35.4 Å². The van der Waals surface area contributed by atoms with Crippen LogP contribution >= 0.6 is 0 Å². The van der Waals surface area contributed by atoms with Crippen LogP contribution < -0.4 is 0 Å². The van der Waals surface area contributed by atoms with E-state index in [0.717, 1.165) is 6.54 Å². The average Bonchev–Trinajstić information content (AvgIpc) is 2.39. The Balaban J connectivity index is 2.10. The average molecular weight is 237 g/mol.